The molecule has 3 rings (SSSR count). The first-order valence-electron chi connectivity index (χ1n) is 7.90. The van der Waals surface area contributed by atoms with Crippen molar-refractivity contribution < 1.29 is 13.6 Å². The number of benzene rings is 1. The van der Waals surface area contributed by atoms with Crippen LogP contribution >= 0.6 is 0 Å². The van der Waals surface area contributed by atoms with Gasteiger partial charge in [-0.15, -0.1) is 0 Å². The third-order valence-electron chi connectivity index (χ3n) is 3.95. The van der Waals surface area contributed by atoms with Gasteiger partial charge in [0.15, 0.2) is 11.6 Å². The highest BCUT2D eigenvalue weighted by Gasteiger charge is 2.17. The van der Waals surface area contributed by atoms with Gasteiger partial charge < -0.3 is 10.6 Å². The molecule has 0 spiro atoms. The first-order chi connectivity index (χ1) is 11.5. The summed E-state index contributed by atoms with van der Waals surface area (Å²) in [6.45, 7) is 1.77. The Kier molecular flexibility index (Phi) is 4.69. The quantitative estimate of drug-likeness (QED) is 0.896. The Hall–Kier alpha value is -2.57. The van der Waals surface area contributed by atoms with Gasteiger partial charge in [-0.2, -0.15) is 0 Å². The second-order valence-electron chi connectivity index (χ2n) is 5.93. The predicted octanol–water partition coefficient (Wildman–Crippen LogP) is 3.67. The molecule has 1 aromatic heterocycles. The van der Waals surface area contributed by atoms with Crippen LogP contribution in [0, 0.1) is 18.6 Å². The van der Waals surface area contributed by atoms with E-state index in [4.69, 9.17) is 0 Å². The van der Waals surface area contributed by atoms with Crippen molar-refractivity contribution in [3.05, 3.63) is 47.3 Å². The lowest BCUT2D eigenvalue weighted by Crippen LogP contribution is -2.20. The van der Waals surface area contributed by atoms with Crippen molar-refractivity contribution >= 4 is 17.5 Å². The van der Waals surface area contributed by atoms with Crippen LogP contribution in [0.5, 0.6) is 0 Å². The first-order valence-corrected chi connectivity index (χ1v) is 7.90. The van der Waals surface area contributed by atoms with Gasteiger partial charge in [-0.25, -0.2) is 18.7 Å². The zero-order valence-corrected chi connectivity index (χ0v) is 13.3. The van der Waals surface area contributed by atoms with Gasteiger partial charge in [0.25, 0.3) is 5.91 Å². The number of nitrogens with one attached hydrogen (secondary N) is 2. The molecular weight excluding hydrogens is 314 g/mol. The molecule has 1 aliphatic carbocycles. The van der Waals surface area contributed by atoms with Gasteiger partial charge in [0, 0.05) is 23.5 Å². The molecule has 1 saturated carbocycles. The molecule has 1 aromatic carbocycles. The number of hydrogen-bond acceptors (Lipinski definition) is 4. The third-order valence-corrected chi connectivity index (χ3v) is 3.95. The molecule has 1 amide bonds. The van der Waals surface area contributed by atoms with Crippen molar-refractivity contribution in [2.45, 2.75) is 38.6 Å². The van der Waals surface area contributed by atoms with Gasteiger partial charge in [0.05, 0.1) is 0 Å². The number of carbonyl (C=O) groups excluding carboxylic acids is 1. The highest BCUT2D eigenvalue weighted by Crippen LogP contribution is 2.21. The second kappa shape index (κ2) is 6.90. The summed E-state index contributed by atoms with van der Waals surface area (Å²) in [5, 5.41) is 5.76. The SMILES string of the molecule is Cc1cc(C(=O)Nc2ccc(F)c(F)c2)nc(NC2CCCC2)n1. The van der Waals surface area contributed by atoms with Crippen LogP contribution in [0.2, 0.25) is 0 Å². The van der Waals surface area contributed by atoms with Crippen LogP contribution in [0.3, 0.4) is 0 Å². The van der Waals surface area contributed by atoms with Gasteiger partial charge in [0.2, 0.25) is 5.95 Å². The van der Waals surface area contributed by atoms with E-state index in [0.29, 0.717) is 17.7 Å². The molecule has 2 N–H and O–H groups in total. The van der Waals surface area contributed by atoms with Gasteiger partial charge in [-0.1, -0.05) is 12.8 Å². The molecule has 126 valence electrons. The van der Waals surface area contributed by atoms with E-state index in [1.54, 1.807) is 13.0 Å². The van der Waals surface area contributed by atoms with Crippen LogP contribution in [0.1, 0.15) is 41.9 Å². The molecule has 0 aliphatic heterocycles. The van der Waals surface area contributed by atoms with Crippen LogP contribution in [-0.2, 0) is 0 Å². The number of halogens is 2. The Morgan fingerprint density at radius 3 is 2.58 bits per heavy atom. The number of hydrogen-bond donors (Lipinski definition) is 2. The smallest absolute Gasteiger partial charge is 0.274 e. The largest absolute Gasteiger partial charge is 0.351 e. The zero-order chi connectivity index (χ0) is 17.1. The topological polar surface area (TPSA) is 66.9 Å². The Bertz CT molecular complexity index is 760. The van der Waals surface area contributed by atoms with E-state index in [1.165, 1.54) is 18.9 Å². The molecule has 1 fully saturated rings. The minimum atomic E-state index is -1.02. The van der Waals surface area contributed by atoms with Crippen molar-refractivity contribution in [2.24, 2.45) is 0 Å². The monoisotopic (exact) mass is 332 g/mol. The summed E-state index contributed by atoms with van der Waals surface area (Å²) < 4.78 is 26.2. The number of aryl methyl sites for hydroxylation is 1. The summed E-state index contributed by atoms with van der Waals surface area (Å²) in [6.07, 6.45) is 4.47. The first kappa shape index (κ1) is 16.3. The summed E-state index contributed by atoms with van der Waals surface area (Å²) >= 11 is 0. The summed E-state index contributed by atoms with van der Waals surface area (Å²) in [4.78, 5) is 20.8. The van der Waals surface area contributed by atoms with E-state index >= 15 is 0 Å². The number of aromatic nitrogens is 2. The van der Waals surface area contributed by atoms with E-state index in [-0.39, 0.29) is 11.4 Å². The number of amides is 1. The Morgan fingerprint density at radius 2 is 1.88 bits per heavy atom. The Labute approximate surface area is 138 Å². The van der Waals surface area contributed by atoms with Gasteiger partial charge >= 0.3 is 0 Å². The number of anilines is 2. The van der Waals surface area contributed by atoms with Gasteiger partial charge in [0.1, 0.15) is 5.69 Å². The van der Waals surface area contributed by atoms with Crippen LogP contribution in [0.25, 0.3) is 0 Å². The second-order valence-corrected chi connectivity index (χ2v) is 5.93. The number of rotatable bonds is 4. The fourth-order valence-corrected chi connectivity index (χ4v) is 2.77. The van der Waals surface area contributed by atoms with Crippen molar-refractivity contribution in [1.29, 1.82) is 0 Å². The molecular formula is C17H18F2N4O. The minimum Gasteiger partial charge on any atom is -0.351 e. The molecule has 24 heavy (non-hydrogen) atoms. The average Bonchev–Trinajstić information content (AvgIpc) is 3.03. The van der Waals surface area contributed by atoms with E-state index < -0.39 is 17.5 Å². The van der Waals surface area contributed by atoms with E-state index in [1.807, 2.05) is 0 Å². The molecule has 0 atom stereocenters. The Balaban J connectivity index is 1.75. The third kappa shape index (κ3) is 3.84. The summed E-state index contributed by atoms with van der Waals surface area (Å²) in [7, 11) is 0. The molecule has 0 saturated heterocycles. The fourth-order valence-electron chi connectivity index (χ4n) is 2.77. The van der Waals surface area contributed by atoms with Crippen LogP contribution < -0.4 is 10.6 Å². The van der Waals surface area contributed by atoms with Gasteiger partial charge in [-0.3, -0.25) is 4.79 Å². The number of carbonyl (C=O) groups is 1. The van der Waals surface area contributed by atoms with Crippen LogP contribution in [0.4, 0.5) is 20.4 Å². The van der Waals surface area contributed by atoms with E-state index in [0.717, 1.165) is 25.0 Å². The van der Waals surface area contributed by atoms with Crippen molar-refractivity contribution in [3.63, 3.8) is 0 Å². The lowest BCUT2D eigenvalue weighted by molar-refractivity contribution is 0.102. The molecule has 7 heteroatoms. The molecule has 1 heterocycles. The normalized spacial score (nSPS) is 14.6. The highest BCUT2D eigenvalue weighted by atomic mass is 19.2. The van der Waals surface area contributed by atoms with E-state index in [2.05, 4.69) is 20.6 Å². The molecule has 0 radical (unpaired) electrons. The molecule has 0 bridgehead atoms. The number of nitrogens with zero attached hydrogens (tertiary/aromatic N) is 2. The lowest BCUT2D eigenvalue weighted by Gasteiger charge is -2.13. The molecule has 2 aromatic rings. The maximum Gasteiger partial charge on any atom is 0.274 e. The van der Waals surface area contributed by atoms with Crippen LogP contribution in [0.15, 0.2) is 24.3 Å². The van der Waals surface area contributed by atoms with Crippen molar-refractivity contribution in [2.75, 3.05) is 10.6 Å². The van der Waals surface area contributed by atoms with E-state index in [9.17, 15) is 13.6 Å². The highest BCUT2D eigenvalue weighted by molar-refractivity contribution is 6.03. The van der Waals surface area contributed by atoms with Crippen molar-refractivity contribution in [1.82, 2.24) is 9.97 Å². The van der Waals surface area contributed by atoms with Gasteiger partial charge in [-0.05, 0) is 38.0 Å². The zero-order valence-electron chi connectivity index (χ0n) is 13.3. The lowest BCUT2D eigenvalue weighted by atomic mass is 10.2. The molecule has 0 unspecified atom stereocenters. The maximum absolute atomic E-state index is 13.2. The summed E-state index contributed by atoms with van der Waals surface area (Å²) in [6, 6.07) is 5.06. The average molecular weight is 332 g/mol. The Morgan fingerprint density at radius 1 is 1.12 bits per heavy atom. The summed E-state index contributed by atoms with van der Waals surface area (Å²) in [5.41, 5.74) is 0.995. The maximum atomic E-state index is 13.2. The fraction of sp³-hybridized carbons (Fsp3) is 0.353. The predicted molar refractivity (Wildman–Crippen MR) is 87.0 cm³/mol. The molecule has 1 aliphatic rings. The molecule has 5 nitrogen and oxygen atoms in total. The summed E-state index contributed by atoms with van der Waals surface area (Å²) in [5.74, 6) is -2.07. The minimum absolute atomic E-state index is 0.167. The standard InChI is InChI=1S/C17H18F2N4O/c1-10-8-15(23-17(20-10)22-11-4-2-3-5-11)16(24)21-12-6-7-13(18)14(19)9-12/h6-9,11H,2-5H2,1H3,(H,21,24)(H,20,22,23). The van der Waals surface area contributed by atoms with Crippen LogP contribution in [-0.4, -0.2) is 21.9 Å². The van der Waals surface area contributed by atoms with Crippen molar-refractivity contribution in [3.8, 4) is 0 Å².